The molecule has 0 aliphatic carbocycles. The maximum Gasteiger partial charge on any atom is 0.194 e. The van der Waals surface area contributed by atoms with E-state index < -0.39 is 11.6 Å². The minimum atomic E-state index is -0.530. The summed E-state index contributed by atoms with van der Waals surface area (Å²) in [6, 6.07) is 12.6. The smallest absolute Gasteiger partial charge is 0.194 e. The van der Waals surface area contributed by atoms with Gasteiger partial charge in [0.25, 0.3) is 0 Å². The Morgan fingerprint density at radius 2 is 1.71 bits per heavy atom. The molecule has 2 N–H and O–H groups in total. The predicted molar refractivity (Wildman–Crippen MR) is 110 cm³/mol. The second kappa shape index (κ2) is 9.66. The SMILES string of the molecule is Cc1ccc(Br)cc1C(=O)c1ccc(C(C)N)nc1.Cc1ccc(F)cc1F. The summed E-state index contributed by atoms with van der Waals surface area (Å²) in [5, 5.41) is 0. The van der Waals surface area contributed by atoms with E-state index in [4.69, 9.17) is 5.73 Å². The molecule has 3 rings (SSSR count). The van der Waals surface area contributed by atoms with E-state index in [-0.39, 0.29) is 11.8 Å². The molecule has 0 radical (unpaired) electrons. The third kappa shape index (κ3) is 5.78. The van der Waals surface area contributed by atoms with Gasteiger partial charge in [-0.1, -0.05) is 28.1 Å². The van der Waals surface area contributed by atoms with Crippen molar-refractivity contribution in [3.63, 3.8) is 0 Å². The summed E-state index contributed by atoms with van der Waals surface area (Å²) in [6.07, 6.45) is 1.58. The number of nitrogens with two attached hydrogens (primary N) is 1. The van der Waals surface area contributed by atoms with Crippen LogP contribution < -0.4 is 5.73 Å². The van der Waals surface area contributed by atoms with Crippen molar-refractivity contribution >= 4 is 21.7 Å². The standard InChI is InChI=1S/C15H15BrN2O.C7H6F2/c1-9-3-5-12(16)7-13(9)15(19)11-4-6-14(10(2)17)18-8-11;1-5-2-3-6(8)4-7(5)9/h3-8,10H,17H2,1-2H3;2-4H,1H3. The van der Waals surface area contributed by atoms with Crippen molar-refractivity contribution in [1.29, 1.82) is 0 Å². The Morgan fingerprint density at radius 3 is 2.25 bits per heavy atom. The van der Waals surface area contributed by atoms with Gasteiger partial charge in [0, 0.05) is 33.9 Å². The van der Waals surface area contributed by atoms with Crippen LogP contribution in [-0.2, 0) is 0 Å². The largest absolute Gasteiger partial charge is 0.323 e. The lowest BCUT2D eigenvalue weighted by atomic mass is 10.00. The van der Waals surface area contributed by atoms with E-state index in [1.54, 1.807) is 25.3 Å². The maximum absolute atomic E-state index is 12.4. The molecule has 0 aliphatic heterocycles. The fourth-order valence-corrected chi connectivity index (χ4v) is 2.73. The Hall–Kier alpha value is -2.44. The summed E-state index contributed by atoms with van der Waals surface area (Å²) < 4.78 is 25.3. The van der Waals surface area contributed by atoms with E-state index in [0.29, 0.717) is 16.7 Å². The molecule has 146 valence electrons. The zero-order valence-electron chi connectivity index (χ0n) is 15.8. The Labute approximate surface area is 171 Å². The first-order valence-electron chi connectivity index (χ1n) is 8.63. The number of hydrogen-bond donors (Lipinski definition) is 1. The first-order valence-corrected chi connectivity index (χ1v) is 9.42. The van der Waals surface area contributed by atoms with Gasteiger partial charge < -0.3 is 5.73 Å². The summed E-state index contributed by atoms with van der Waals surface area (Å²) in [4.78, 5) is 16.6. The Balaban J connectivity index is 0.000000261. The quantitative estimate of drug-likeness (QED) is 0.526. The number of halogens is 3. The molecule has 2 aromatic carbocycles. The van der Waals surface area contributed by atoms with Crippen molar-refractivity contribution in [1.82, 2.24) is 4.98 Å². The highest BCUT2D eigenvalue weighted by atomic mass is 79.9. The number of carbonyl (C=O) groups excluding carboxylic acids is 1. The van der Waals surface area contributed by atoms with Gasteiger partial charge in [-0.2, -0.15) is 0 Å². The Bertz CT molecular complexity index is 973. The van der Waals surface area contributed by atoms with E-state index in [0.717, 1.165) is 21.8 Å². The highest BCUT2D eigenvalue weighted by molar-refractivity contribution is 9.10. The average molecular weight is 447 g/mol. The van der Waals surface area contributed by atoms with Crippen molar-refractivity contribution < 1.29 is 13.6 Å². The van der Waals surface area contributed by atoms with Crippen molar-refractivity contribution in [3.05, 3.63) is 98.8 Å². The lowest BCUT2D eigenvalue weighted by Gasteiger charge is -2.07. The van der Waals surface area contributed by atoms with Crippen molar-refractivity contribution in [2.45, 2.75) is 26.8 Å². The zero-order valence-corrected chi connectivity index (χ0v) is 17.4. The maximum atomic E-state index is 12.4. The number of carbonyl (C=O) groups is 1. The van der Waals surface area contributed by atoms with Gasteiger partial charge in [0.15, 0.2) is 5.78 Å². The lowest BCUT2D eigenvalue weighted by molar-refractivity contribution is 0.103. The van der Waals surface area contributed by atoms with Gasteiger partial charge in [0.1, 0.15) is 11.6 Å². The lowest BCUT2D eigenvalue weighted by Crippen LogP contribution is -2.09. The van der Waals surface area contributed by atoms with Gasteiger partial charge >= 0.3 is 0 Å². The summed E-state index contributed by atoms with van der Waals surface area (Å²) in [6.45, 7) is 5.38. The summed E-state index contributed by atoms with van der Waals surface area (Å²) in [5.41, 5.74) is 9.20. The minimum absolute atomic E-state index is 0.0254. The molecular weight excluding hydrogens is 426 g/mol. The molecule has 0 saturated carbocycles. The first-order chi connectivity index (χ1) is 13.2. The van der Waals surface area contributed by atoms with Gasteiger partial charge in [-0.05, 0) is 62.2 Å². The number of aryl methyl sites for hydroxylation is 2. The zero-order chi connectivity index (χ0) is 20.8. The number of nitrogens with zero attached hydrogens (tertiary/aromatic N) is 1. The van der Waals surface area contributed by atoms with Crippen LogP contribution in [0.3, 0.4) is 0 Å². The van der Waals surface area contributed by atoms with Gasteiger partial charge in [-0.15, -0.1) is 0 Å². The fourth-order valence-electron chi connectivity index (χ4n) is 2.37. The summed E-state index contributed by atoms with van der Waals surface area (Å²) >= 11 is 3.38. The topological polar surface area (TPSA) is 56.0 Å². The van der Waals surface area contributed by atoms with Crippen molar-refractivity contribution in [2.24, 2.45) is 5.73 Å². The van der Waals surface area contributed by atoms with Crippen molar-refractivity contribution in [2.75, 3.05) is 0 Å². The number of ketones is 1. The molecular formula is C22H21BrF2N2O. The van der Waals surface area contributed by atoms with Crippen LogP contribution in [0.25, 0.3) is 0 Å². The number of hydrogen-bond acceptors (Lipinski definition) is 3. The van der Waals surface area contributed by atoms with Crippen LogP contribution >= 0.6 is 15.9 Å². The van der Waals surface area contributed by atoms with Crippen LogP contribution in [0, 0.1) is 25.5 Å². The molecule has 28 heavy (non-hydrogen) atoms. The normalized spacial score (nSPS) is 11.4. The molecule has 0 spiro atoms. The van der Waals surface area contributed by atoms with Gasteiger partial charge in [0.2, 0.25) is 0 Å². The molecule has 1 heterocycles. The summed E-state index contributed by atoms with van der Waals surface area (Å²) in [7, 11) is 0. The molecule has 0 saturated heterocycles. The van der Waals surface area contributed by atoms with Crippen molar-refractivity contribution in [3.8, 4) is 0 Å². The number of rotatable bonds is 3. The van der Waals surface area contributed by atoms with Crippen LogP contribution in [-0.4, -0.2) is 10.8 Å². The summed E-state index contributed by atoms with van der Waals surface area (Å²) in [5.74, 6) is -1.05. The van der Waals surface area contributed by atoms with E-state index in [1.165, 1.54) is 12.1 Å². The molecule has 0 bridgehead atoms. The number of aromatic nitrogens is 1. The second-order valence-electron chi connectivity index (χ2n) is 6.44. The molecule has 6 heteroatoms. The Morgan fingerprint density at radius 1 is 1.04 bits per heavy atom. The number of benzene rings is 2. The van der Waals surface area contributed by atoms with Gasteiger partial charge in [-0.3, -0.25) is 9.78 Å². The van der Waals surface area contributed by atoms with Gasteiger partial charge in [-0.25, -0.2) is 8.78 Å². The van der Waals surface area contributed by atoms with Crippen LogP contribution in [0.5, 0.6) is 0 Å². The van der Waals surface area contributed by atoms with E-state index in [2.05, 4.69) is 20.9 Å². The molecule has 0 fully saturated rings. The highest BCUT2D eigenvalue weighted by Crippen LogP contribution is 2.19. The molecule has 0 amide bonds. The first kappa shape index (κ1) is 21.9. The minimum Gasteiger partial charge on any atom is -0.323 e. The second-order valence-corrected chi connectivity index (χ2v) is 7.36. The van der Waals surface area contributed by atoms with Crippen LogP contribution in [0.15, 0.2) is 59.2 Å². The van der Waals surface area contributed by atoms with E-state index in [1.807, 2.05) is 32.0 Å². The fraction of sp³-hybridized carbons (Fsp3) is 0.182. The molecule has 1 unspecified atom stereocenters. The van der Waals surface area contributed by atoms with Crippen LogP contribution in [0.2, 0.25) is 0 Å². The third-order valence-corrected chi connectivity index (χ3v) is 4.59. The van der Waals surface area contributed by atoms with Crippen LogP contribution in [0.1, 0.15) is 45.7 Å². The third-order valence-electron chi connectivity index (χ3n) is 4.09. The van der Waals surface area contributed by atoms with Gasteiger partial charge in [0.05, 0.1) is 5.69 Å². The Kier molecular flexibility index (Phi) is 7.54. The molecule has 3 aromatic rings. The van der Waals surface area contributed by atoms with E-state index in [9.17, 15) is 13.6 Å². The molecule has 1 atom stereocenters. The molecule has 3 nitrogen and oxygen atoms in total. The average Bonchev–Trinajstić information content (AvgIpc) is 2.67. The highest BCUT2D eigenvalue weighted by Gasteiger charge is 2.13. The monoisotopic (exact) mass is 446 g/mol. The van der Waals surface area contributed by atoms with Crippen LogP contribution in [0.4, 0.5) is 8.78 Å². The predicted octanol–water partition coefficient (Wildman–Crippen LogP) is 5.68. The number of pyridine rings is 1. The molecule has 1 aromatic heterocycles. The molecule has 0 aliphatic rings. The van der Waals surface area contributed by atoms with E-state index >= 15 is 0 Å².